The molecule has 1 heterocycles. The molecule has 74 valence electrons. The average molecular weight is 187 g/mol. The van der Waals surface area contributed by atoms with Crippen LogP contribution in [0.2, 0.25) is 0 Å². The molecule has 0 aromatic rings. The number of aliphatic hydroxyl groups excluding tert-OH is 1. The SMILES string of the molecule is C[C@@H](CO)NC(=O)[C@@H]1CNC(=O)N1. The monoisotopic (exact) mass is 187 g/mol. The summed E-state index contributed by atoms with van der Waals surface area (Å²) in [7, 11) is 0. The summed E-state index contributed by atoms with van der Waals surface area (Å²) in [6, 6.07) is -1.15. The predicted octanol–water partition coefficient (Wildman–Crippen LogP) is -1.84. The van der Waals surface area contributed by atoms with Crippen LogP contribution in [-0.4, -0.2) is 42.3 Å². The highest BCUT2D eigenvalue weighted by molar-refractivity contribution is 5.90. The minimum atomic E-state index is -0.526. The van der Waals surface area contributed by atoms with Gasteiger partial charge in [0.25, 0.3) is 0 Å². The van der Waals surface area contributed by atoms with E-state index in [9.17, 15) is 9.59 Å². The Kier molecular flexibility index (Phi) is 3.07. The Balaban J connectivity index is 2.35. The van der Waals surface area contributed by atoms with Crippen molar-refractivity contribution in [3.8, 4) is 0 Å². The van der Waals surface area contributed by atoms with Gasteiger partial charge in [-0.3, -0.25) is 4.79 Å². The smallest absolute Gasteiger partial charge is 0.315 e. The highest BCUT2D eigenvalue weighted by atomic mass is 16.3. The Labute approximate surface area is 75.7 Å². The third-order valence-corrected chi connectivity index (χ3v) is 1.75. The Bertz CT molecular complexity index is 219. The van der Waals surface area contributed by atoms with Crippen molar-refractivity contribution in [3.63, 3.8) is 0 Å². The van der Waals surface area contributed by atoms with E-state index in [0.29, 0.717) is 6.54 Å². The van der Waals surface area contributed by atoms with Gasteiger partial charge in [0.15, 0.2) is 0 Å². The van der Waals surface area contributed by atoms with Gasteiger partial charge in [-0.2, -0.15) is 0 Å². The van der Waals surface area contributed by atoms with E-state index in [1.165, 1.54) is 0 Å². The molecule has 1 rings (SSSR count). The fourth-order valence-electron chi connectivity index (χ4n) is 1.00. The average Bonchev–Trinajstić information content (AvgIpc) is 2.51. The Morgan fingerprint density at radius 3 is 3.00 bits per heavy atom. The van der Waals surface area contributed by atoms with Gasteiger partial charge >= 0.3 is 6.03 Å². The van der Waals surface area contributed by atoms with Crippen LogP contribution in [0.5, 0.6) is 0 Å². The largest absolute Gasteiger partial charge is 0.394 e. The molecule has 1 fully saturated rings. The fourth-order valence-corrected chi connectivity index (χ4v) is 1.00. The summed E-state index contributed by atoms with van der Waals surface area (Å²) in [4.78, 5) is 21.9. The quantitative estimate of drug-likeness (QED) is 0.418. The number of carbonyl (C=O) groups is 2. The summed E-state index contributed by atoms with van der Waals surface area (Å²) < 4.78 is 0. The number of urea groups is 1. The van der Waals surface area contributed by atoms with Crippen molar-refractivity contribution >= 4 is 11.9 Å². The van der Waals surface area contributed by atoms with Gasteiger partial charge in [0.05, 0.1) is 6.61 Å². The van der Waals surface area contributed by atoms with Crippen LogP contribution in [0.4, 0.5) is 4.79 Å². The first-order chi connectivity index (χ1) is 6.13. The third kappa shape index (κ3) is 2.59. The lowest BCUT2D eigenvalue weighted by molar-refractivity contribution is -0.123. The normalized spacial score (nSPS) is 23.2. The molecule has 0 bridgehead atoms. The van der Waals surface area contributed by atoms with Crippen molar-refractivity contribution < 1.29 is 14.7 Å². The number of rotatable bonds is 3. The summed E-state index contributed by atoms with van der Waals surface area (Å²) in [6.45, 7) is 1.87. The van der Waals surface area contributed by atoms with Gasteiger partial charge < -0.3 is 21.1 Å². The van der Waals surface area contributed by atoms with Gasteiger partial charge in [-0.1, -0.05) is 0 Å². The van der Waals surface area contributed by atoms with E-state index in [1.807, 2.05) is 0 Å². The van der Waals surface area contributed by atoms with Gasteiger partial charge in [0.1, 0.15) is 6.04 Å². The molecule has 4 N–H and O–H groups in total. The molecule has 13 heavy (non-hydrogen) atoms. The van der Waals surface area contributed by atoms with Crippen molar-refractivity contribution in [2.45, 2.75) is 19.0 Å². The molecule has 0 aromatic carbocycles. The molecule has 0 spiro atoms. The molecule has 0 unspecified atom stereocenters. The molecule has 0 saturated carbocycles. The van der Waals surface area contributed by atoms with Crippen molar-refractivity contribution in [1.29, 1.82) is 0 Å². The first-order valence-electron chi connectivity index (χ1n) is 4.09. The zero-order chi connectivity index (χ0) is 9.84. The van der Waals surface area contributed by atoms with E-state index in [-0.39, 0.29) is 24.6 Å². The number of hydrogen-bond acceptors (Lipinski definition) is 3. The number of nitrogens with one attached hydrogen (secondary N) is 3. The van der Waals surface area contributed by atoms with Crippen LogP contribution in [0.1, 0.15) is 6.92 Å². The van der Waals surface area contributed by atoms with E-state index in [0.717, 1.165) is 0 Å². The first-order valence-corrected chi connectivity index (χ1v) is 4.09. The van der Waals surface area contributed by atoms with Crippen LogP contribution in [0, 0.1) is 0 Å². The maximum atomic E-state index is 11.3. The number of hydrogen-bond donors (Lipinski definition) is 4. The van der Waals surface area contributed by atoms with E-state index in [4.69, 9.17) is 5.11 Å². The second kappa shape index (κ2) is 4.08. The van der Waals surface area contributed by atoms with Crippen LogP contribution in [-0.2, 0) is 4.79 Å². The van der Waals surface area contributed by atoms with Crippen molar-refractivity contribution in [2.24, 2.45) is 0 Å². The van der Waals surface area contributed by atoms with Crippen molar-refractivity contribution in [3.05, 3.63) is 0 Å². The molecule has 1 saturated heterocycles. The molecule has 6 heteroatoms. The van der Waals surface area contributed by atoms with Crippen molar-refractivity contribution in [1.82, 2.24) is 16.0 Å². The molecular weight excluding hydrogens is 174 g/mol. The standard InChI is InChI=1S/C7H13N3O3/c1-4(3-11)9-6(12)5-2-8-7(13)10-5/h4-5,11H,2-3H2,1H3,(H,9,12)(H2,8,10,13)/t4-,5-/m0/s1. The second-order valence-electron chi connectivity index (χ2n) is 3.00. The Morgan fingerprint density at radius 1 is 1.85 bits per heavy atom. The van der Waals surface area contributed by atoms with Crippen LogP contribution in [0.3, 0.4) is 0 Å². The summed E-state index contributed by atoms with van der Waals surface area (Å²) in [6.07, 6.45) is 0. The van der Waals surface area contributed by atoms with Gasteiger partial charge in [-0.25, -0.2) is 4.79 Å². The van der Waals surface area contributed by atoms with Crippen LogP contribution >= 0.6 is 0 Å². The minimum absolute atomic E-state index is 0.111. The lowest BCUT2D eigenvalue weighted by Gasteiger charge is -2.13. The van der Waals surface area contributed by atoms with Crippen LogP contribution in [0.15, 0.2) is 0 Å². The van der Waals surface area contributed by atoms with Crippen LogP contribution < -0.4 is 16.0 Å². The minimum Gasteiger partial charge on any atom is -0.394 e. The van der Waals surface area contributed by atoms with Gasteiger partial charge in [-0.05, 0) is 6.92 Å². The number of carbonyl (C=O) groups excluding carboxylic acids is 2. The topological polar surface area (TPSA) is 90.5 Å². The molecule has 0 radical (unpaired) electrons. The fraction of sp³-hybridized carbons (Fsp3) is 0.714. The molecule has 1 aliphatic heterocycles. The van der Waals surface area contributed by atoms with Gasteiger partial charge in [0, 0.05) is 12.6 Å². The highest BCUT2D eigenvalue weighted by Crippen LogP contribution is 1.91. The summed E-state index contributed by atoms with van der Waals surface area (Å²) in [5, 5.41) is 16.1. The zero-order valence-corrected chi connectivity index (χ0v) is 7.33. The molecule has 1 aliphatic rings. The van der Waals surface area contributed by atoms with Crippen molar-refractivity contribution in [2.75, 3.05) is 13.2 Å². The van der Waals surface area contributed by atoms with Gasteiger partial charge in [0.2, 0.25) is 5.91 Å². The van der Waals surface area contributed by atoms with E-state index >= 15 is 0 Å². The second-order valence-corrected chi connectivity index (χ2v) is 3.00. The molecular formula is C7H13N3O3. The molecule has 2 atom stereocenters. The molecule has 0 aromatic heterocycles. The van der Waals surface area contributed by atoms with E-state index in [2.05, 4.69) is 16.0 Å². The predicted molar refractivity (Wildman–Crippen MR) is 45.0 cm³/mol. The van der Waals surface area contributed by atoms with E-state index in [1.54, 1.807) is 6.92 Å². The molecule has 3 amide bonds. The molecule has 0 aliphatic carbocycles. The Morgan fingerprint density at radius 2 is 2.54 bits per heavy atom. The van der Waals surface area contributed by atoms with Gasteiger partial charge in [-0.15, -0.1) is 0 Å². The lowest BCUT2D eigenvalue weighted by atomic mass is 10.2. The summed E-state index contributed by atoms with van der Waals surface area (Å²) in [5.74, 6) is -0.278. The number of aliphatic hydroxyl groups is 1. The summed E-state index contributed by atoms with van der Waals surface area (Å²) >= 11 is 0. The first kappa shape index (κ1) is 9.79. The third-order valence-electron chi connectivity index (χ3n) is 1.75. The van der Waals surface area contributed by atoms with E-state index < -0.39 is 6.04 Å². The maximum absolute atomic E-state index is 11.3. The highest BCUT2D eigenvalue weighted by Gasteiger charge is 2.26. The van der Waals surface area contributed by atoms with Crippen LogP contribution in [0.25, 0.3) is 0 Å². The lowest BCUT2D eigenvalue weighted by Crippen LogP contribution is -2.47. The summed E-state index contributed by atoms with van der Waals surface area (Å²) in [5.41, 5.74) is 0. The maximum Gasteiger partial charge on any atom is 0.315 e. The zero-order valence-electron chi connectivity index (χ0n) is 7.33. The molecule has 6 nitrogen and oxygen atoms in total. The number of amides is 3. The Hall–Kier alpha value is -1.30.